The SMILES string of the molecule is CCCNC(CC(C)(C)OC)c1c(OC)cnn1C. The Morgan fingerprint density at radius 1 is 1.42 bits per heavy atom. The molecular weight excluding hydrogens is 242 g/mol. The van der Waals surface area contributed by atoms with Crippen molar-refractivity contribution < 1.29 is 9.47 Å². The molecule has 0 radical (unpaired) electrons. The number of aromatic nitrogens is 2. The predicted octanol–water partition coefficient (Wildman–Crippen LogP) is 2.28. The van der Waals surface area contributed by atoms with Gasteiger partial charge in [-0.05, 0) is 33.2 Å². The number of nitrogens with zero attached hydrogens (tertiary/aromatic N) is 2. The van der Waals surface area contributed by atoms with E-state index in [0.717, 1.165) is 30.8 Å². The summed E-state index contributed by atoms with van der Waals surface area (Å²) in [7, 11) is 5.37. The molecule has 1 aromatic heterocycles. The zero-order valence-corrected chi connectivity index (χ0v) is 13.0. The van der Waals surface area contributed by atoms with E-state index in [1.165, 1.54) is 0 Å². The van der Waals surface area contributed by atoms with Crippen LogP contribution in [0.5, 0.6) is 5.75 Å². The molecule has 5 heteroatoms. The molecule has 0 aliphatic rings. The molecule has 1 heterocycles. The molecule has 5 nitrogen and oxygen atoms in total. The van der Waals surface area contributed by atoms with Crippen LogP contribution in [0.3, 0.4) is 0 Å². The van der Waals surface area contributed by atoms with Gasteiger partial charge in [-0.3, -0.25) is 4.68 Å². The smallest absolute Gasteiger partial charge is 0.161 e. The summed E-state index contributed by atoms with van der Waals surface area (Å²) in [6.07, 6.45) is 3.71. The Kier molecular flexibility index (Phi) is 5.82. The number of nitrogens with one attached hydrogen (secondary N) is 1. The van der Waals surface area contributed by atoms with Crippen molar-refractivity contribution in [2.45, 2.75) is 45.3 Å². The van der Waals surface area contributed by atoms with Crippen molar-refractivity contribution in [3.8, 4) is 5.75 Å². The van der Waals surface area contributed by atoms with Crippen LogP contribution in [0.2, 0.25) is 0 Å². The quantitative estimate of drug-likeness (QED) is 0.786. The second kappa shape index (κ2) is 6.91. The minimum atomic E-state index is -0.194. The van der Waals surface area contributed by atoms with Crippen molar-refractivity contribution in [3.63, 3.8) is 0 Å². The molecule has 0 aliphatic heterocycles. The van der Waals surface area contributed by atoms with Gasteiger partial charge in [0.1, 0.15) is 0 Å². The van der Waals surface area contributed by atoms with Gasteiger partial charge in [0, 0.05) is 14.2 Å². The van der Waals surface area contributed by atoms with E-state index in [1.54, 1.807) is 20.4 Å². The molecule has 0 bridgehead atoms. The van der Waals surface area contributed by atoms with E-state index < -0.39 is 0 Å². The van der Waals surface area contributed by atoms with Gasteiger partial charge >= 0.3 is 0 Å². The van der Waals surface area contributed by atoms with Crippen LogP contribution < -0.4 is 10.1 Å². The van der Waals surface area contributed by atoms with Crippen molar-refractivity contribution in [3.05, 3.63) is 11.9 Å². The summed E-state index contributed by atoms with van der Waals surface area (Å²) in [4.78, 5) is 0. The summed E-state index contributed by atoms with van der Waals surface area (Å²) in [5, 5.41) is 7.84. The Hall–Kier alpha value is -1.07. The fourth-order valence-corrected chi connectivity index (χ4v) is 2.14. The summed E-state index contributed by atoms with van der Waals surface area (Å²) in [5.41, 5.74) is 0.877. The van der Waals surface area contributed by atoms with Gasteiger partial charge < -0.3 is 14.8 Å². The molecule has 0 fully saturated rings. The van der Waals surface area contributed by atoms with Gasteiger partial charge in [-0.25, -0.2) is 0 Å². The highest BCUT2D eigenvalue weighted by atomic mass is 16.5. The number of methoxy groups -OCH3 is 2. The zero-order valence-electron chi connectivity index (χ0n) is 13.0. The highest BCUT2D eigenvalue weighted by molar-refractivity contribution is 5.28. The third kappa shape index (κ3) is 4.21. The van der Waals surface area contributed by atoms with E-state index in [-0.39, 0.29) is 11.6 Å². The van der Waals surface area contributed by atoms with Crippen molar-refractivity contribution in [2.75, 3.05) is 20.8 Å². The Bertz CT molecular complexity index is 388. The highest BCUT2D eigenvalue weighted by Crippen LogP contribution is 2.31. The van der Waals surface area contributed by atoms with Crippen LogP contribution in [-0.2, 0) is 11.8 Å². The van der Waals surface area contributed by atoms with E-state index in [1.807, 2.05) is 11.7 Å². The molecule has 0 amide bonds. The molecule has 0 spiro atoms. The maximum Gasteiger partial charge on any atom is 0.161 e. The Labute approximate surface area is 116 Å². The minimum absolute atomic E-state index is 0.164. The van der Waals surface area contributed by atoms with Gasteiger partial charge in [0.2, 0.25) is 0 Å². The van der Waals surface area contributed by atoms with Crippen molar-refractivity contribution in [1.29, 1.82) is 0 Å². The maximum atomic E-state index is 5.55. The molecule has 1 atom stereocenters. The van der Waals surface area contributed by atoms with Crippen LogP contribution in [0, 0.1) is 0 Å². The van der Waals surface area contributed by atoms with Gasteiger partial charge in [0.15, 0.2) is 5.75 Å². The first-order valence-corrected chi connectivity index (χ1v) is 6.79. The van der Waals surface area contributed by atoms with Crippen LogP contribution in [0.1, 0.15) is 45.3 Å². The predicted molar refractivity (Wildman–Crippen MR) is 76.5 cm³/mol. The normalized spacial score (nSPS) is 13.6. The van der Waals surface area contributed by atoms with Crippen LogP contribution in [-0.4, -0.2) is 36.1 Å². The molecule has 1 rings (SSSR count). The average molecular weight is 269 g/mol. The van der Waals surface area contributed by atoms with Crippen molar-refractivity contribution in [1.82, 2.24) is 15.1 Å². The van der Waals surface area contributed by atoms with E-state index >= 15 is 0 Å². The number of aryl methyl sites for hydroxylation is 1. The maximum absolute atomic E-state index is 5.55. The van der Waals surface area contributed by atoms with Gasteiger partial charge in [-0.1, -0.05) is 6.92 Å². The lowest BCUT2D eigenvalue weighted by Gasteiger charge is -2.29. The fourth-order valence-electron chi connectivity index (χ4n) is 2.14. The second-order valence-corrected chi connectivity index (χ2v) is 5.40. The largest absolute Gasteiger partial charge is 0.493 e. The average Bonchev–Trinajstić information content (AvgIpc) is 2.75. The van der Waals surface area contributed by atoms with E-state index in [0.29, 0.717) is 0 Å². The third-order valence-electron chi connectivity index (χ3n) is 3.39. The lowest BCUT2D eigenvalue weighted by atomic mass is 9.96. The topological polar surface area (TPSA) is 48.3 Å². The van der Waals surface area contributed by atoms with Crippen LogP contribution in [0.4, 0.5) is 0 Å². The van der Waals surface area contributed by atoms with Gasteiger partial charge in [-0.2, -0.15) is 5.10 Å². The van der Waals surface area contributed by atoms with Crippen LogP contribution in [0.25, 0.3) is 0 Å². The van der Waals surface area contributed by atoms with E-state index in [2.05, 4.69) is 31.2 Å². The van der Waals surface area contributed by atoms with E-state index in [9.17, 15) is 0 Å². The van der Waals surface area contributed by atoms with Gasteiger partial charge in [0.05, 0.1) is 30.6 Å². The number of ether oxygens (including phenoxy) is 2. The summed E-state index contributed by atoms with van der Waals surface area (Å²) in [6, 6.07) is 0.164. The standard InChI is InChI=1S/C14H27N3O2/c1-7-8-15-11(9-14(2,3)19-6)13-12(18-5)10-16-17(13)4/h10-11,15H,7-9H2,1-6H3. The molecule has 1 unspecified atom stereocenters. The Morgan fingerprint density at radius 3 is 2.63 bits per heavy atom. The molecule has 1 N–H and O–H groups in total. The first-order valence-electron chi connectivity index (χ1n) is 6.79. The van der Waals surface area contributed by atoms with Crippen LogP contribution >= 0.6 is 0 Å². The monoisotopic (exact) mass is 269 g/mol. The first-order chi connectivity index (χ1) is 8.95. The summed E-state index contributed by atoms with van der Waals surface area (Å²) < 4.78 is 12.8. The second-order valence-electron chi connectivity index (χ2n) is 5.40. The number of hydrogen-bond donors (Lipinski definition) is 1. The first kappa shape index (κ1) is 16.0. The minimum Gasteiger partial charge on any atom is -0.493 e. The molecule has 19 heavy (non-hydrogen) atoms. The fraction of sp³-hybridized carbons (Fsp3) is 0.786. The Morgan fingerprint density at radius 2 is 2.11 bits per heavy atom. The molecule has 110 valence electrons. The number of rotatable bonds is 8. The summed E-state index contributed by atoms with van der Waals surface area (Å²) in [6.45, 7) is 7.30. The molecule has 0 aliphatic carbocycles. The van der Waals surface area contributed by atoms with Crippen molar-refractivity contribution in [2.24, 2.45) is 7.05 Å². The third-order valence-corrected chi connectivity index (χ3v) is 3.39. The molecule has 0 saturated carbocycles. The van der Waals surface area contributed by atoms with Crippen LogP contribution in [0.15, 0.2) is 6.20 Å². The highest BCUT2D eigenvalue weighted by Gasteiger charge is 2.28. The van der Waals surface area contributed by atoms with Gasteiger partial charge in [-0.15, -0.1) is 0 Å². The lowest BCUT2D eigenvalue weighted by molar-refractivity contribution is 0.00603. The molecular formula is C14H27N3O2. The Balaban J connectivity index is 2.98. The summed E-state index contributed by atoms with van der Waals surface area (Å²) in [5.74, 6) is 0.822. The molecule has 0 aromatic carbocycles. The number of hydrogen-bond acceptors (Lipinski definition) is 4. The lowest BCUT2D eigenvalue weighted by Crippen LogP contribution is -2.33. The molecule has 1 aromatic rings. The van der Waals surface area contributed by atoms with E-state index in [4.69, 9.17) is 9.47 Å². The van der Waals surface area contributed by atoms with Gasteiger partial charge in [0.25, 0.3) is 0 Å². The molecule has 0 saturated heterocycles. The van der Waals surface area contributed by atoms with Crippen molar-refractivity contribution >= 4 is 0 Å². The summed E-state index contributed by atoms with van der Waals surface area (Å²) >= 11 is 0. The zero-order chi connectivity index (χ0) is 14.5.